The molecule has 2 aliphatic carbocycles. The van der Waals surface area contributed by atoms with E-state index < -0.39 is 0 Å². The molecule has 0 spiro atoms. The molecule has 0 aliphatic heterocycles. The van der Waals surface area contributed by atoms with E-state index in [0.29, 0.717) is 34.6 Å². The van der Waals surface area contributed by atoms with Gasteiger partial charge >= 0.3 is 0 Å². The molecule has 162 valence electrons. The van der Waals surface area contributed by atoms with Crippen LogP contribution in [0.25, 0.3) is 10.8 Å². The van der Waals surface area contributed by atoms with Crippen LogP contribution in [-0.2, 0) is 0 Å². The Bertz CT molecular complexity index is 903. The van der Waals surface area contributed by atoms with E-state index in [9.17, 15) is 4.39 Å². The van der Waals surface area contributed by atoms with Gasteiger partial charge in [0.1, 0.15) is 24.0 Å². The Hall–Kier alpha value is -1.90. The lowest BCUT2D eigenvalue weighted by Gasteiger charge is -2.42. The van der Waals surface area contributed by atoms with E-state index in [1.54, 1.807) is 12.1 Å². The smallest absolute Gasteiger partial charge is 0.134 e. The monoisotopic (exact) mass is 412 g/mol. The molecule has 1 nitrogen and oxygen atoms in total. The third kappa shape index (κ3) is 4.55. The molecule has 2 fully saturated rings. The van der Waals surface area contributed by atoms with Crippen molar-refractivity contribution in [2.75, 3.05) is 6.61 Å². The molecule has 0 radical (unpaired) electrons. The summed E-state index contributed by atoms with van der Waals surface area (Å²) in [6.45, 7) is 4.57. The second-order valence-corrected chi connectivity index (χ2v) is 9.38. The van der Waals surface area contributed by atoms with Gasteiger partial charge in [-0.3, -0.25) is 0 Å². The summed E-state index contributed by atoms with van der Waals surface area (Å²) < 4.78 is 35.4. The number of hydrogen-bond donors (Lipinski definition) is 0. The maximum atomic E-state index is 15.1. The highest BCUT2D eigenvalue weighted by molar-refractivity contribution is 5.85. The summed E-state index contributed by atoms with van der Waals surface area (Å²) in [4.78, 5) is 0. The summed E-state index contributed by atoms with van der Waals surface area (Å²) >= 11 is 0. The van der Waals surface area contributed by atoms with Gasteiger partial charge in [-0.1, -0.05) is 38.3 Å². The summed E-state index contributed by atoms with van der Waals surface area (Å²) in [5.41, 5.74) is 0.707. The first kappa shape index (κ1) is 21.3. The fourth-order valence-electron chi connectivity index (χ4n) is 5.91. The van der Waals surface area contributed by atoms with Gasteiger partial charge in [-0.15, -0.1) is 0 Å². The first-order valence-electron chi connectivity index (χ1n) is 11.8. The van der Waals surface area contributed by atoms with Crippen LogP contribution in [0.4, 0.5) is 8.78 Å². The third-order valence-corrected chi connectivity index (χ3v) is 7.43. The molecular formula is C27H34F2O. The molecule has 0 bridgehead atoms. The zero-order valence-electron chi connectivity index (χ0n) is 18.3. The fourth-order valence-corrected chi connectivity index (χ4v) is 5.91. The lowest BCUT2D eigenvalue weighted by Crippen LogP contribution is -2.30. The number of ether oxygens (including phenoxy) is 1. The Kier molecular flexibility index (Phi) is 6.75. The Labute approximate surface area is 179 Å². The molecular weight excluding hydrogens is 378 g/mol. The molecule has 4 atom stereocenters. The van der Waals surface area contributed by atoms with Crippen molar-refractivity contribution >= 4 is 10.8 Å². The van der Waals surface area contributed by atoms with Crippen molar-refractivity contribution in [3.05, 3.63) is 53.6 Å². The number of halogens is 2. The summed E-state index contributed by atoms with van der Waals surface area (Å²) in [6, 6.07) is 6.42. The zero-order chi connectivity index (χ0) is 21.1. The number of rotatable bonds is 6. The molecule has 0 heterocycles. The minimum absolute atomic E-state index is 0.198. The lowest BCUT2D eigenvalue weighted by molar-refractivity contribution is 0.113. The molecule has 0 aromatic heterocycles. The Balaban J connectivity index is 1.53. The van der Waals surface area contributed by atoms with Crippen LogP contribution in [0, 0.1) is 29.4 Å². The van der Waals surface area contributed by atoms with E-state index in [1.165, 1.54) is 50.7 Å². The van der Waals surface area contributed by atoms with Gasteiger partial charge in [-0.05, 0) is 91.8 Å². The molecule has 2 saturated carbocycles. The van der Waals surface area contributed by atoms with E-state index >= 15 is 4.39 Å². The number of fused-ring (bicyclic) bond motifs is 2. The Morgan fingerprint density at radius 1 is 0.967 bits per heavy atom. The van der Waals surface area contributed by atoms with E-state index in [4.69, 9.17) is 4.74 Å². The average molecular weight is 413 g/mol. The van der Waals surface area contributed by atoms with Crippen molar-refractivity contribution in [3.63, 3.8) is 0 Å². The summed E-state index contributed by atoms with van der Waals surface area (Å²) in [6.07, 6.45) is 13.6. The number of benzene rings is 2. The van der Waals surface area contributed by atoms with Gasteiger partial charge in [0, 0.05) is 11.5 Å². The van der Waals surface area contributed by atoms with Crippen molar-refractivity contribution in [3.8, 4) is 5.75 Å². The summed E-state index contributed by atoms with van der Waals surface area (Å²) in [7, 11) is 0. The van der Waals surface area contributed by atoms with Gasteiger partial charge < -0.3 is 4.74 Å². The van der Waals surface area contributed by atoms with E-state index in [-0.39, 0.29) is 17.6 Å². The van der Waals surface area contributed by atoms with Crippen LogP contribution >= 0.6 is 0 Å². The highest BCUT2D eigenvalue weighted by Gasteiger charge is 2.36. The standard InChI is InChI=1S/C27H34F2O/c1-3-5-11-30-23-14-22-15-26(28)24(17-25(22)27(29)16-23)21-10-9-19-12-18(6-4-2)7-8-20(19)13-21/h3,5,14-21H,4,6-13H2,1-2H3. The van der Waals surface area contributed by atoms with Crippen LogP contribution in [0.1, 0.15) is 76.7 Å². The zero-order valence-corrected chi connectivity index (χ0v) is 18.3. The van der Waals surface area contributed by atoms with Gasteiger partial charge in [-0.25, -0.2) is 8.78 Å². The predicted molar refractivity (Wildman–Crippen MR) is 120 cm³/mol. The van der Waals surface area contributed by atoms with Crippen molar-refractivity contribution in [2.45, 2.75) is 71.1 Å². The minimum atomic E-state index is -0.335. The normalized spacial score (nSPS) is 26.8. The van der Waals surface area contributed by atoms with Crippen LogP contribution in [-0.4, -0.2) is 6.61 Å². The Morgan fingerprint density at radius 3 is 2.57 bits per heavy atom. The van der Waals surface area contributed by atoms with Gasteiger partial charge in [-0.2, -0.15) is 0 Å². The molecule has 3 heteroatoms. The maximum absolute atomic E-state index is 15.1. The second-order valence-electron chi connectivity index (χ2n) is 9.38. The second kappa shape index (κ2) is 9.49. The van der Waals surface area contributed by atoms with Gasteiger partial charge in [0.05, 0.1) is 0 Å². The molecule has 4 rings (SSSR count). The third-order valence-electron chi connectivity index (χ3n) is 7.43. The van der Waals surface area contributed by atoms with E-state index in [1.807, 2.05) is 19.1 Å². The highest BCUT2D eigenvalue weighted by Crippen LogP contribution is 2.49. The molecule has 2 aliphatic rings. The van der Waals surface area contributed by atoms with Gasteiger partial charge in [0.2, 0.25) is 0 Å². The lowest BCUT2D eigenvalue weighted by atomic mass is 9.63. The molecule has 0 amide bonds. The first-order valence-corrected chi connectivity index (χ1v) is 11.8. The molecule has 0 N–H and O–H groups in total. The first-order chi connectivity index (χ1) is 14.6. The quantitative estimate of drug-likeness (QED) is 0.435. The summed E-state index contributed by atoms with van der Waals surface area (Å²) in [5.74, 6) is 2.53. The largest absolute Gasteiger partial charge is 0.489 e. The van der Waals surface area contributed by atoms with Crippen molar-refractivity contribution in [1.29, 1.82) is 0 Å². The summed E-state index contributed by atoms with van der Waals surface area (Å²) in [5, 5.41) is 1.07. The predicted octanol–water partition coefficient (Wildman–Crippen LogP) is 8.17. The van der Waals surface area contributed by atoms with E-state index in [2.05, 4.69) is 6.92 Å². The average Bonchev–Trinajstić information content (AvgIpc) is 2.73. The molecule has 30 heavy (non-hydrogen) atoms. The molecule has 2 aromatic carbocycles. The van der Waals surface area contributed by atoms with Crippen LogP contribution in [0.5, 0.6) is 5.75 Å². The van der Waals surface area contributed by atoms with Crippen LogP contribution in [0.2, 0.25) is 0 Å². The number of allylic oxidation sites excluding steroid dienone is 1. The van der Waals surface area contributed by atoms with E-state index in [0.717, 1.165) is 24.7 Å². The molecule has 4 unspecified atom stereocenters. The fraction of sp³-hybridized carbons (Fsp3) is 0.556. The topological polar surface area (TPSA) is 9.23 Å². The van der Waals surface area contributed by atoms with Gasteiger partial charge in [0.25, 0.3) is 0 Å². The van der Waals surface area contributed by atoms with Crippen molar-refractivity contribution < 1.29 is 13.5 Å². The minimum Gasteiger partial charge on any atom is -0.489 e. The highest BCUT2D eigenvalue weighted by atomic mass is 19.1. The maximum Gasteiger partial charge on any atom is 0.134 e. The van der Waals surface area contributed by atoms with Crippen LogP contribution in [0.15, 0.2) is 36.4 Å². The molecule has 2 aromatic rings. The van der Waals surface area contributed by atoms with Crippen LogP contribution in [0.3, 0.4) is 0 Å². The number of hydrogen-bond acceptors (Lipinski definition) is 1. The van der Waals surface area contributed by atoms with Gasteiger partial charge in [0.15, 0.2) is 0 Å². The SMILES string of the molecule is CC=CCOc1cc(F)c2cc(C3CCC4CC(CCC)CCC4C3)c(F)cc2c1. The molecule has 0 saturated heterocycles. The Morgan fingerprint density at radius 2 is 1.77 bits per heavy atom. The van der Waals surface area contributed by atoms with Crippen molar-refractivity contribution in [2.24, 2.45) is 17.8 Å². The van der Waals surface area contributed by atoms with Crippen LogP contribution < -0.4 is 4.74 Å². The van der Waals surface area contributed by atoms with Crippen molar-refractivity contribution in [1.82, 2.24) is 0 Å².